The number of benzene rings is 2. The summed E-state index contributed by atoms with van der Waals surface area (Å²) in [5.74, 6) is -1.15. The van der Waals surface area contributed by atoms with E-state index in [0.29, 0.717) is 17.5 Å². The summed E-state index contributed by atoms with van der Waals surface area (Å²) in [5, 5.41) is 8.11. The quantitative estimate of drug-likeness (QED) is 0.376. The number of aromatic nitrogens is 3. The van der Waals surface area contributed by atoms with E-state index in [9.17, 15) is 13.2 Å². The highest BCUT2D eigenvalue weighted by atomic mass is 32.2. The van der Waals surface area contributed by atoms with E-state index in [1.807, 2.05) is 0 Å². The molecule has 2 aromatic carbocycles. The molecule has 3 rings (SSSR count). The maximum atomic E-state index is 14.0. The van der Waals surface area contributed by atoms with Gasteiger partial charge < -0.3 is 4.74 Å². The average molecular weight is 405 g/mol. The maximum absolute atomic E-state index is 14.0. The van der Waals surface area contributed by atoms with Crippen molar-refractivity contribution in [1.29, 1.82) is 0 Å². The maximum Gasteiger partial charge on any atom is 0.192 e. The zero-order valence-corrected chi connectivity index (χ0v) is 15.9. The predicted molar refractivity (Wildman–Crippen MR) is 102 cm³/mol. The molecule has 0 N–H and O–H groups in total. The van der Waals surface area contributed by atoms with Crippen LogP contribution in [0.5, 0.6) is 5.75 Å². The lowest BCUT2D eigenvalue weighted by Crippen LogP contribution is -2.08. The summed E-state index contributed by atoms with van der Waals surface area (Å²) in [6.45, 7) is 5.76. The molecule has 1 atom stereocenters. The molecule has 146 valence electrons. The summed E-state index contributed by atoms with van der Waals surface area (Å²) in [4.78, 5) is 0. The van der Waals surface area contributed by atoms with Gasteiger partial charge in [0.1, 0.15) is 18.2 Å². The molecule has 0 radical (unpaired) electrons. The van der Waals surface area contributed by atoms with Gasteiger partial charge in [-0.2, -0.15) is 0 Å². The Kier molecular flexibility index (Phi) is 6.41. The molecule has 0 aliphatic heterocycles. The highest BCUT2D eigenvalue weighted by molar-refractivity contribution is 7.99. The molecule has 0 bridgehead atoms. The molecule has 0 aliphatic carbocycles. The van der Waals surface area contributed by atoms with Crippen molar-refractivity contribution in [2.24, 2.45) is 0 Å². The topological polar surface area (TPSA) is 39.9 Å². The van der Waals surface area contributed by atoms with Crippen molar-refractivity contribution in [2.75, 3.05) is 0 Å². The van der Waals surface area contributed by atoms with Crippen LogP contribution in [0.3, 0.4) is 0 Å². The van der Waals surface area contributed by atoms with Crippen LogP contribution in [0.15, 0.2) is 60.3 Å². The minimum Gasteiger partial charge on any atom is -0.483 e. The Morgan fingerprint density at radius 1 is 1.07 bits per heavy atom. The molecule has 28 heavy (non-hydrogen) atoms. The Bertz CT molecular complexity index is 957. The Balaban J connectivity index is 1.80. The van der Waals surface area contributed by atoms with Crippen LogP contribution in [0.1, 0.15) is 23.6 Å². The molecule has 0 aliphatic rings. The highest BCUT2D eigenvalue weighted by Gasteiger charge is 2.21. The van der Waals surface area contributed by atoms with Crippen LogP contribution in [-0.2, 0) is 13.2 Å². The van der Waals surface area contributed by atoms with Crippen LogP contribution >= 0.6 is 11.8 Å². The van der Waals surface area contributed by atoms with Gasteiger partial charge in [0.2, 0.25) is 0 Å². The van der Waals surface area contributed by atoms with E-state index < -0.39 is 22.7 Å². The van der Waals surface area contributed by atoms with E-state index in [0.717, 1.165) is 0 Å². The Morgan fingerprint density at radius 3 is 2.43 bits per heavy atom. The van der Waals surface area contributed by atoms with Gasteiger partial charge in [0.25, 0.3) is 0 Å². The van der Waals surface area contributed by atoms with Crippen LogP contribution in [0.25, 0.3) is 0 Å². The summed E-state index contributed by atoms with van der Waals surface area (Å²) in [6.07, 6.45) is 1.65. The number of rotatable bonds is 8. The van der Waals surface area contributed by atoms with Crippen molar-refractivity contribution in [1.82, 2.24) is 14.8 Å². The smallest absolute Gasteiger partial charge is 0.192 e. The number of allylic oxidation sites excluding steroid dienone is 1. The number of halogens is 3. The second-order valence-electron chi connectivity index (χ2n) is 5.91. The fourth-order valence-electron chi connectivity index (χ4n) is 2.65. The number of hydrogen-bond donors (Lipinski definition) is 0. The monoisotopic (exact) mass is 405 g/mol. The molecular weight excluding hydrogens is 387 g/mol. The second kappa shape index (κ2) is 8.97. The largest absolute Gasteiger partial charge is 0.483 e. The fourth-order valence-corrected chi connectivity index (χ4v) is 3.70. The molecule has 0 saturated carbocycles. The summed E-state index contributed by atoms with van der Waals surface area (Å²) in [6, 6.07) is 9.82. The first-order valence-corrected chi connectivity index (χ1v) is 9.40. The first kappa shape index (κ1) is 20.0. The van der Waals surface area contributed by atoms with Gasteiger partial charge in [0, 0.05) is 17.4 Å². The molecular formula is C20H18F3N3OS. The number of thioether (sulfide) groups is 1. The Morgan fingerprint density at radius 2 is 1.75 bits per heavy atom. The van der Waals surface area contributed by atoms with Gasteiger partial charge in [-0.05, 0) is 31.2 Å². The second-order valence-corrected chi connectivity index (χ2v) is 7.22. The fraction of sp³-hybridized carbons (Fsp3) is 0.200. The minimum atomic E-state index is -0.613. The van der Waals surface area contributed by atoms with Gasteiger partial charge in [-0.25, -0.2) is 13.2 Å². The molecule has 0 amide bonds. The molecule has 1 heterocycles. The SMILES string of the molecule is C=CCn1c(COc2ccccc2F)nnc1SC(C)c1c(F)cccc1F. The van der Waals surface area contributed by atoms with E-state index in [2.05, 4.69) is 16.8 Å². The zero-order chi connectivity index (χ0) is 20.1. The Labute approximate surface area is 165 Å². The number of hydrogen-bond acceptors (Lipinski definition) is 4. The van der Waals surface area contributed by atoms with Gasteiger partial charge in [-0.3, -0.25) is 4.57 Å². The number of ether oxygens (including phenoxy) is 1. The van der Waals surface area contributed by atoms with Crippen molar-refractivity contribution in [3.8, 4) is 5.75 Å². The predicted octanol–water partition coefficient (Wildman–Crippen LogP) is 5.31. The number of nitrogens with zero attached hydrogens (tertiary/aromatic N) is 3. The third-order valence-corrected chi connectivity index (χ3v) is 5.09. The third kappa shape index (κ3) is 4.39. The van der Waals surface area contributed by atoms with E-state index in [4.69, 9.17) is 4.74 Å². The van der Waals surface area contributed by atoms with Gasteiger partial charge in [0.05, 0.1) is 0 Å². The van der Waals surface area contributed by atoms with Gasteiger partial charge in [-0.1, -0.05) is 36.0 Å². The lowest BCUT2D eigenvalue weighted by atomic mass is 10.1. The van der Waals surface area contributed by atoms with Crippen LogP contribution in [0.2, 0.25) is 0 Å². The molecule has 0 fully saturated rings. The zero-order valence-electron chi connectivity index (χ0n) is 15.1. The first-order chi connectivity index (χ1) is 13.5. The van der Waals surface area contributed by atoms with Crippen molar-refractivity contribution in [3.05, 3.63) is 84.0 Å². The summed E-state index contributed by atoms with van der Waals surface area (Å²) < 4.78 is 49.0. The lowest BCUT2D eigenvalue weighted by Gasteiger charge is -2.14. The van der Waals surface area contributed by atoms with E-state index in [-0.39, 0.29) is 17.9 Å². The summed E-state index contributed by atoms with van der Waals surface area (Å²) >= 11 is 1.17. The summed E-state index contributed by atoms with van der Waals surface area (Å²) in [5.41, 5.74) is -0.0233. The van der Waals surface area contributed by atoms with Gasteiger partial charge in [0.15, 0.2) is 22.5 Å². The molecule has 8 heteroatoms. The summed E-state index contributed by atoms with van der Waals surface area (Å²) in [7, 11) is 0. The molecule has 1 unspecified atom stereocenters. The van der Waals surface area contributed by atoms with Crippen LogP contribution in [0, 0.1) is 17.5 Å². The Hall–Kier alpha value is -2.74. The van der Waals surface area contributed by atoms with Crippen molar-refractivity contribution >= 4 is 11.8 Å². The van der Waals surface area contributed by atoms with Gasteiger partial charge in [-0.15, -0.1) is 16.8 Å². The normalized spacial score (nSPS) is 12.0. The lowest BCUT2D eigenvalue weighted by molar-refractivity contribution is 0.275. The van der Waals surface area contributed by atoms with Crippen LogP contribution in [0.4, 0.5) is 13.2 Å². The molecule has 1 aromatic heterocycles. The third-order valence-electron chi connectivity index (χ3n) is 3.99. The van der Waals surface area contributed by atoms with Crippen molar-refractivity contribution in [2.45, 2.75) is 30.5 Å². The van der Waals surface area contributed by atoms with Gasteiger partial charge >= 0.3 is 0 Å². The van der Waals surface area contributed by atoms with Crippen LogP contribution in [-0.4, -0.2) is 14.8 Å². The molecule has 4 nitrogen and oxygen atoms in total. The highest BCUT2D eigenvalue weighted by Crippen LogP contribution is 2.36. The molecule has 0 saturated heterocycles. The average Bonchev–Trinajstić information content (AvgIpc) is 3.03. The van der Waals surface area contributed by atoms with Crippen molar-refractivity contribution in [3.63, 3.8) is 0 Å². The number of para-hydroxylation sites is 1. The van der Waals surface area contributed by atoms with Crippen LogP contribution < -0.4 is 4.74 Å². The molecule has 3 aromatic rings. The van der Waals surface area contributed by atoms with E-state index in [1.54, 1.807) is 29.7 Å². The minimum absolute atomic E-state index is 0.00915. The molecule has 0 spiro atoms. The van der Waals surface area contributed by atoms with E-state index in [1.165, 1.54) is 42.1 Å². The van der Waals surface area contributed by atoms with Crippen molar-refractivity contribution < 1.29 is 17.9 Å². The standard InChI is InChI=1S/C20H18F3N3OS/c1-3-11-26-18(12-27-17-10-5-4-7-14(17)21)24-25-20(26)28-13(2)19-15(22)8-6-9-16(19)23/h3-10,13H,1,11-12H2,2H3. The first-order valence-electron chi connectivity index (χ1n) is 8.52. The van der Waals surface area contributed by atoms with E-state index >= 15 is 0 Å².